The third-order valence-corrected chi connectivity index (χ3v) is 6.05. The third kappa shape index (κ3) is 3.96. The highest BCUT2D eigenvalue weighted by atomic mass is 32.2. The molecule has 5 rings (SSSR count). The molecule has 0 bridgehead atoms. The minimum atomic E-state index is -0.114. The molecule has 7 nitrogen and oxygen atoms in total. The minimum absolute atomic E-state index is 0.114. The van der Waals surface area contributed by atoms with Gasteiger partial charge in [0.05, 0.1) is 11.4 Å². The van der Waals surface area contributed by atoms with E-state index in [1.807, 2.05) is 41.8 Å². The molecule has 148 valence electrons. The van der Waals surface area contributed by atoms with E-state index >= 15 is 0 Å². The number of thioether (sulfide) groups is 1. The predicted octanol–water partition coefficient (Wildman–Crippen LogP) is 4.04. The number of amides is 1. The number of benzene rings is 2. The number of fused-ring (bicyclic) bond motifs is 2. The number of hydrogen-bond donors (Lipinski definition) is 1. The molecule has 1 aromatic heterocycles. The molecule has 2 aromatic carbocycles. The van der Waals surface area contributed by atoms with Crippen LogP contribution in [0.25, 0.3) is 11.3 Å². The smallest absolute Gasteiger partial charge is 0.236 e. The van der Waals surface area contributed by atoms with Crippen LogP contribution in [0.15, 0.2) is 46.7 Å². The summed E-state index contributed by atoms with van der Waals surface area (Å²) < 4.78 is 21.8. The van der Waals surface area contributed by atoms with E-state index in [4.69, 9.17) is 18.9 Å². The lowest BCUT2D eigenvalue weighted by Crippen LogP contribution is -2.15. The van der Waals surface area contributed by atoms with Gasteiger partial charge < -0.3 is 24.3 Å². The van der Waals surface area contributed by atoms with Gasteiger partial charge >= 0.3 is 0 Å². The summed E-state index contributed by atoms with van der Waals surface area (Å²) in [5.41, 5.74) is 1.69. The number of rotatable bonds is 5. The first-order valence-corrected chi connectivity index (χ1v) is 10.8. The molecule has 9 heteroatoms. The topological polar surface area (TPSA) is 78.9 Å². The summed E-state index contributed by atoms with van der Waals surface area (Å²) in [5, 5.41) is 5.32. The highest BCUT2D eigenvalue weighted by Gasteiger charge is 2.16. The second kappa shape index (κ2) is 7.84. The summed E-state index contributed by atoms with van der Waals surface area (Å²) in [6.07, 6.45) is 0. The normalized spacial score (nSPS) is 13.9. The Kier molecular flexibility index (Phi) is 4.91. The van der Waals surface area contributed by atoms with Crippen molar-refractivity contribution in [2.75, 3.05) is 31.1 Å². The van der Waals surface area contributed by atoms with Gasteiger partial charge in [0.1, 0.15) is 13.2 Å². The van der Waals surface area contributed by atoms with Crippen LogP contribution in [0.3, 0.4) is 0 Å². The summed E-state index contributed by atoms with van der Waals surface area (Å²) in [7, 11) is 0. The van der Waals surface area contributed by atoms with Crippen LogP contribution in [0.2, 0.25) is 0 Å². The zero-order chi connectivity index (χ0) is 19.6. The van der Waals surface area contributed by atoms with Crippen molar-refractivity contribution in [1.82, 2.24) is 4.98 Å². The summed E-state index contributed by atoms with van der Waals surface area (Å²) in [6.45, 7) is 1.33. The van der Waals surface area contributed by atoms with Gasteiger partial charge in [0, 0.05) is 15.8 Å². The van der Waals surface area contributed by atoms with Crippen molar-refractivity contribution >= 4 is 34.1 Å². The minimum Gasteiger partial charge on any atom is -0.486 e. The largest absolute Gasteiger partial charge is 0.486 e. The van der Waals surface area contributed by atoms with E-state index in [0.717, 1.165) is 33.4 Å². The van der Waals surface area contributed by atoms with Crippen molar-refractivity contribution in [3.8, 4) is 34.3 Å². The number of carbonyl (C=O) groups is 1. The third-order valence-electron chi connectivity index (χ3n) is 4.30. The summed E-state index contributed by atoms with van der Waals surface area (Å²) in [4.78, 5) is 17.8. The molecular formula is C20H16N2O5S2. The van der Waals surface area contributed by atoms with Gasteiger partial charge in [-0.15, -0.1) is 23.1 Å². The van der Waals surface area contributed by atoms with Crippen LogP contribution < -0.4 is 24.3 Å². The second-order valence-corrected chi connectivity index (χ2v) is 8.16. The lowest BCUT2D eigenvalue weighted by Gasteiger charge is -2.18. The molecule has 0 aliphatic carbocycles. The van der Waals surface area contributed by atoms with E-state index in [0.29, 0.717) is 24.1 Å². The van der Waals surface area contributed by atoms with Gasteiger partial charge in [-0.2, -0.15) is 0 Å². The molecule has 1 N–H and O–H groups in total. The molecule has 2 aliphatic heterocycles. The lowest BCUT2D eigenvalue weighted by molar-refractivity contribution is -0.113. The van der Waals surface area contributed by atoms with Gasteiger partial charge in [0.2, 0.25) is 12.7 Å². The Balaban J connectivity index is 1.19. The fourth-order valence-electron chi connectivity index (χ4n) is 2.94. The maximum atomic E-state index is 12.3. The highest BCUT2D eigenvalue weighted by molar-refractivity contribution is 8.00. The number of aromatic nitrogens is 1. The average molecular weight is 428 g/mol. The Bertz CT molecular complexity index is 1070. The number of nitrogens with zero attached hydrogens (tertiary/aromatic N) is 1. The fraction of sp³-hybridized carbons (Fsp3) is 0.200. The Hall–Kier alpha value is -2.91. The van der Waals surface area contributed by atoms with Gasteiger partial charge in [0.15, 0.2) is 28.1 Å². The molecule has 0 atom stereocenters. The first-order valence-electron chi connectivity index (χ1n) is 8.92. The van der Waals surface area contributed by atoms with E-state index in [9.17, 15) is 4.79 Å². The van der Waals surface area contributed by atoms with Gasteiger partial charge in [-0.1, -0.05) is 0 Å². The van der Waals surface area contributed by atoms with Crippen molar-refractivity contribution < 1.29 is 23.7 Å². The van der Waals surface area contributed by atoms with Crippen LogP contribution >= 0.6 is 23.1 Å². The van der Waals surface area contributed by atoms with Gasteiger partial charge in [-0.05, 0) is 36.4 Å². The highest BCUT2D eigenvalue weighted by Crippen LogP contribution is 2.37. The molecule has 0 spiro atoms. The number of nitrogens with one attached hydrogen (secondary N) is 1. The van der Waals surface area contributed by atoms with E-state index in [1.54, 1.807) is 0 Å². The molecule has 2 aliphatic rings. The Morgan fingerprint density at radius 2 is 1.76 bits per heavy atom. The molecule has 29 heavy (non-hydrogen) atoms. The van der Waals surface area contributed by atoms with Gasteiger partial charge in [-0.25, -0.2) is 4.98 Å². The molecule has 1 amide bonds. The van der Waals surface area contributed by atoms with Crippen LogP contribution in [0.1, 0.15) is 0 Å². The van der Waals surface area contributed by atoms with E-state index in [1.165, 1.54) is 23.1 Å². The van der Waals surface area contributed by atoms with Crippen LogP contribution in [-0.2, 0) is 4.79 Å². The number of ether oxygens (including phenoxy) is 4. The number of hydrogen-bond acceptors (Lipinski definition) is 8. The van der Waals surface area contributed by atoms with Crippen LogP contribution in [-0.4, -0.2) is 36.7 Å². The maximum Gasteiger partial charge on any atom is 0.236 e. The number of carbonyl (C=O) groups excluding carboxylic acids is 1. The van der Waals surface area contributed by atoms with Gasteiger partial charge in [0.25, 0.3) is 0 Å². The lowest BCUT2D eigenvalue weighted by atomic mass is 10.1. The Labute approximate surface area is 175 Å². The molecule has 3 heterocycles. The molecular weight excluding hydrogens is 412 g/mol. The first kappa shape index (κ1) is 18.1. The summed E-state index contributed by atoms with van der Waals surface area (Å²) in [6, 6.07) is 11.4. The van der Waals surface area contributed by atoms with Crippen molar-refractivity contribution in [3.05, 3.63) is 41.8 Å². The maximum absolute atomic E-state index is 12.3. The second-order valence-electron chi connectivity index (χ2n) is 6.25. The molecule has 0 radical (unpaired) electrons. The average Bonchev–Trinajstić information content (AvgIpc) is 3.41. The van der Waals surface area contributed by atoms with E-state index in [-0.39, 0.29) is 18.5 Å². The number of anilines is 1. The SMILES string of the molecule is O=C(CSc1ccc2c(c1)OCCO2)Nc1nc(-c2ccc3c(c2)OCO3)cs1. The zero-order valence-corrected chi connectivity index (χ0v) is 16.8. The summed E-state index contributed by atoms with van der Waals surface area (Å²) in [5.74, 6) is 3.05. The first-order chi connectivity index (χ1) is 14.2. The quantitative estimate of drug-likeness (QED) is 0.615. The molecule has 0 unspecified atom stereocenters. The predicted molar refractivity (Wildman–Crippen MR) is 110 cm³/mol. The van der Waals surface area contributed by atoms with E-state index < -0.39 is 0 Å². The number of thiazole rings is 1. The Morgan fingerprint density at radius 1 is 1.00 bits per heavy atom. The van der Waals surface area contributed by atoms with Crippen molar-refractivity contribution in [1.29, 1.82) is 0 Å². The van der Waals surface area contributed by atoms with E-state index in [2.05, 4.69) is 10.3 Å². The zero-order valence-electron chi connectivity index (χ0n) is 15.2. The van der Waals surface area contributed by atoms with Gasteiger partial charge in [-0.3, -0.25) is 4.79 Å². The van der Waals surface area contributed by atoms with Crippen LogP contribution in [0, 0.1) is 0 Å². The molecule has 0 saturated carbocycles. The monoisotopic (exact) mass is 428 g/mol. The summed E-state index contributed by atoms with van der Waals surface area (Å²) >= 11 is 2.82. The standard InChI is InChI=1S/C20H16N2O5S2/c23-19(10-28-13-2-4-15-18(8-13)25-6-5-24-15)22-20-21-14(9-29-20)12-1-3-16-17(7-12)27-11-26-16/h1-4,7-9H,5-6,10-11H2,(H,21,22,23). The van der Waals surface area contributed by atoms with Crippen molar-refractivity contribution in [2.24, 2.45) is 0 Å². The molecule has 0 fully saturated rings. The fourth-order valence-corrected chi connectivity index (χ4v) is 4.40. The Morgan fingerprint density at radius 3 is 2.69 bits per heavy atom. The molecule has 0 saturated heterocycles. The van der Waals surface area contributed by atoms with Crippen molar-refractivity contribution in [3.63, 3.8) is 0 Å². The van der Waals surface area contributed by atoms with Crippen molar-refractivity contribution in [2.45, 2.75) is 4.90 Å². The van der Waals surface area contributed by atoms with Crippen LogP contribution in [0.4, 0.5) is 5.13 Å². The van der Waals surface area contributed by atoms with Crippen LogP contribution in [0.5, 0.6) is 23.0 Å². The molecule has 3 aromatic rings.